The van der Waals surface area contributed by atoms with Crippen molar-refractivity contribution >= 4 is 27.5 Å². The summed E-state index contributed by atoms with van der Waals surface area (Å²) in [4.78, 5) is 16.6. The van der Waals surface area contributed by atoms with E-state index >= 15 is 0 Å². The Hall–Kier alpha value is -3.73. The summed E-state index contributed by atoms with van der Waals surface area (Å²) in [6.07, 6.45) is 11.4. The molecule has 0 aliphatic carbocycles. The van der Waals surface area contributed by atoms with Gasteiger partial charge in [-0.15, -0.1) is 29.1 Å². The second-order valence-corrected chi connectivity index (χ2v) is 16.0. The number of pyridine rings is 2. The first-order valence-electron chi connectivity index (χ1n) is 18.6. The van der Waals surface area contributed by atoms with E-state index < -0.39 is 0 Å². The number of hydrogen-bond acceptors (Lipinski definition) is 4. The van der Waals surface area contributed by atoms with Crippen molar-refractivity contribution in [2.45, 2.75) is 114 Å². The molecule has 3 aromatic heterocycles. The molecular weight excluding hydrogens is 821 g/mol. The first kappa shape index (κ1) is 42.7. The Kier molecular flexibility index (Phi) is 14.3. The van der Waals surface area contributed by atoms with Crippen LogP contribution in [-0.4, -0.2) is 15.9 Å². The van der Waals surface area contributed by atoms with E-state index in [0.29, 0.717) is 5.92 Å². The van der Waals surface area contributed by atoms with E-state index in [9.17, 15) is 9.90 Å². The Bertz CT molecular complexity index is 2010. The zero-order valence-electron chi connectivity index (χ0n) is 33.2. The second-order valence-electron chi connectivity index (χ2n) is 16.0. The number of aliphatic hydroxyl groups is 1. The van der Waals surface area contributed by atoms with Crippen LogP contribution in [0.5, 0.6) is 0 Å². The van der Waals surface area contributed by atoms with Crippen molar-refractivity contribution in [1.29, 1.82) is 0 Å². The normalized spacial score (nSPS) is 12.5. The van der Waals surface area contributed by atoms with Crippen molar-refractivity contribution in [1.82, 2.24) is 4.98 Å². The van der Waals surface area contributed by atoms with Crippen molar-refractivity contribution in [3.63, 3.8) is 0 Å². The molecule has 0 fully saturated rings. The van der Waals surface area contributed by atoms with Gasteiger partial charge in [-0.1, -0.05) is 105 Å². The fourth-order valence-corrected chi connectivity index (χ4v) is 6.35. The fourth-order valence-electron chi connectivity index (χ4n) is 6.35. The van der Waals surface area contributed by atoms with Crippen LogP contribution in [0.15, 0.2) is 83.4 Å². The number of carbonyl (C=O) groups excluding carboxylic acids is 1. The van der Waals surface area contributed by atoms with Gasteiger partial charge < -0.3 is 14.1 Å². The number of benzene rings is 2. The number of rotatable bonds is 11. The van der Waals surface area contributed by atoms with Gasteiger partial charge in [0.2, 0.25) is 0 Å². The Morgan fingerprint density at radius 2 is 1.56 bits per heavy atom. The van der Waals surface area contributed by atoms with E-state index in [-0.39, 0.29) is 47.9 Å². The Balaban J connectivity index is 0.000000347. The van der Waals surface area contributed by atoms with Gasteiger partial charge in [-0.3, -0.25) is 9.78 Å². The molecule has 0 bridgehead atoms. The Morgan fingerprint density at radius 3 is 2.15 bits per heavy atom. The minimum Gasteiger partial charge on any atom is -0.512 e. The smallest absolute Gasteiger partial charge is 0.164 e. The molecule has 0 aliphatic rings. The first-order chi connectivity index (χ1) is 24.0. The molecule has 2 aromatic carbocycles. The third kappa shape index (κ3) is 9.43. The topological polar surface area (TPSA) is 67.2 Å². The molecule has 0 saturated carbocycles. The third-order valence-electron chi connectivity index (χ3n) is 10.9. The largest absolute Gasteiger partial charge is 0.512 e. The number of furan rings is 1. The van der Waals surface area contributed by atoms with Gasteiger partial charge in [0.05, 0.1) is 12.4 Å². The maximum Gasteiger partial charge on any atom is 0.164 e. The number of ketones is 1. The van der Waals surface area contributed by atoms with Gasteiger partial charge in [0, 0.05) is 67.6 Å². The number of hydrogen-bond donors (Lipinski definition) is 1. The molecule has 0 spiro atoms. The number of allylic oxidation sites excluding steroid dienone is 2. The van der Waals surface area contributed by atoms with Gasteiger partial charge in [-0.05, 0) is 60.8 Å². The van der Waals surface area contributed by atoms with Crippen molar-refractivity contribution in [2.24, 2.45) is 16.7 Å². The van der Waals surface area contributed by atoms with Gasteiger partial charge in [0.1, 0.15) is 17.2 Å². The summed E-state index contributed by atoms with van der Waals surface area (Å²) >= 11 is 0. The summed E-state index contributed by atoms with van der Waals surface area (Å²) in [5, 5.41) is 13.6. The van der Waals surface area contributed by atoms with Crippen LogP contribution in [-0.2, 0) is 36.7 Å². The van der Waals surface area contributed by atoms with Crippen LogP contribution in [0.25, 0.3) is 44.1 Å². The maximum absolute atomic E-state index is 12.2. The van der Waals surface area contributed by atoms with E-state index in [0.717, 1.165) is 76.6 Å². The standard InChI is InChI=1S/C31H31N2O.C15H28O2.Ir/c1-20(2)13-24-17-26-27(18-32-19-30(26)34-24)22-11-12-33(6)29(16-22)23-14-21-9-7-8-10-25(21)28(15-23)31(3,4)5;1-7-14(5,8-2)12(16)11-13(17)15(6,9-3)10-4;/h7-12,15-20H,6,13H2,1-5H3;11,16H,7-10H2,1-6H3;/q-1;;/b;12-11-;. The Labute approximate surface area is 326 Å². The summed E-state index contributed by atoms with van der Waals surface area (Å²) in [6.45, 7) is 23.3. The van der Waals surface area contributed by atoms with Crippen LogP contribution in [0.1, 0.15) is 113 Å². The monoisotopic (exact) mass is 880 g/mol. The SMILES string of the molecule is CCC(C)(CC)C(=O)/C=C(\O)C(C)(CC)CC.[CH2-][n+]1ccc(-c2cncc3oc(CC(C)C)cc23)cc1-c1[c-]c2ccccc2c(C(C)(C)C)c1.[Ir]. The van der Waals surface area contributed by atoms with Gasteiger partial charge in [-0.2, -0.15) is 0 Å². The predicted molar refractivity (Wildman–Crippen MR) is 213 cm³/mol. The average Bonchev–Trinajstić information content (AvgIpc) is 3.52. The molecule has 281 valence electrons. The number of aliphatic hydroxyl groups excluding tert-OH is 1. The molecule has 0 saturated heterocycles. The molecule has 0 aliphatic heterocycles. The van der Waals surface area contributed by atoms with E-state index in [1.807, 2.05) is 58.5 Å². The molecule has 52 heavy (non-hydrogen) atoms. The molecule has 0 atom stereocenters. The molecule has 5 nitrogen and oxygen atoms in total. The molecular formula is C46H59IrN2O3-. The molecule has 0 unspecified atom stereocenters. The van der Waals surface area contributed by atoms with E-state index in [1.54, 1.807) is 6.20 Å². The molecule has 1 N–H and O–H groups in total. The number of carbonyl (C=O) groups is 1. The van der Waals surface area contributed by atoms with Gasteiger partial charge in [0.15, 0.2) is 11.4 Å². The predicted octanol–water partition coefficient (Wildman–Crippen LogP) is 12.2. The number of aromatic nitrogens is 2. The summed E-state index contributed by atoms with van der Waals surface area (Å²) in [5.41, 5.74) is 5.73. The van der Waals surface area contributed by atoms with Crippen molar-refractivity contribution < 1.29 is 39.0 Å². The molecule has 5 aromatic rings. The number of fused-ring (bicyclic) bond motifs is 2. The molecule has 5 rings (SSSR count). The third-order valence-corrected chi connectivity index (χ3v) is 10.9. The molecule has 6 heteroatoms. The quantitative estimate of drug-likeness (QED) is 0.0621. The van der Waals surface area contributed by atoms with Crippen LogP contribution in [0, 0.1) is 29.9 Å². The van der Waals surface area contributed by atoms with E-state index in [1.165, 1.54) is 17.0 Å². The first-order valence-corrected chi connectivity index (χ1v) is 18.6. The van der Waals surface area contributed by atoms with Crippen LogP contribution < -0.4 is 4.57 Å². The number of nitrogens with zero attached hydrogens (tertiary/aromatic N) is 2. The van der Waals surface area contributed by atoms with Crippen LogP contribution in [0.2, 0.25) is 0 Å². The van der Waals surface area contributed by atoms with Gasteiger partial charge in [-0.25, -0.2) is 0 Å². The molecule has 1 radical (unpaired) electrons. The molecule has 3 heterocycles. The van der Waals surface area contributed by atoms with Crippen molar-refractivity contribution in [3.05, 3.63) is 103 Å². The fraction of sp³-hybridized carbons (Fsp3) is 0.435. The summed E-state index contributed by atoms with van der Waals surface area (Å²) in [6, 6.07) is 20.8. The van der Waals surface area contributed by atoms with E-state index in [2.05, 4.69) is 101 Å². The van der Waals surface area contributed by atoms with Gasteiger partial charge >= 0.3 is 0 Å². The van der Waals surface area contributed by atoms with E-state index in [4.69, 9.17) is 4.42 Å². The maximum atomic E-state index is 12.2. The van der Waals surface area contributed by atoms with Crippen molar-refractivity contribution in [2.75, 3.05) is 0 Å². The zero-order valence-corrected chi connectivity index (χ0v) is 35.6. The average molecular weight is 880 g/mol. The van der Waals surface area contributed by atoms with Crippen LogP contribution >= 0.6 is 0 Å². The minimum absolute atomic E-state index is 0. The van der Waals surface area contributed by atoms with Crippen LogP contribution in [0.3, 0.4) is 0 Å². The molecule has 0 amide bonds. The van der Waals surface area contributed by atoms with Crippen molar-refractivity contribution in [3.8, 4) is 22.4 Å². The summed E-state index contributed by atoms with van der Waals surface area (Å²) < 4.78 is 8.02. The summed E-state index contributed by atoms with van der Waals surface area (Å²) in [5.74, 6) is 1.82. The zero-order chi connectivity index (χ0) is 37.7. The van der Waals surface area contributed by atoms with Gasteiger partial charge in [0.25, 0.3) is 0 Å². The Morgan fingerprint density at radius 1 is 0.923 bits per heavy atom. The summed E-state index contributed by atoms with van der Waals surface area (Å²) in [7, 11) is 4.27. The minimum atomic E-state index is -0.337. The second kappa shape index (κ2) is 17.4. The van der Waals surface area contributed by atoms with Crippen LogP contribution in [0.4, 0.5) is 0 Å².